The van der Waals surface area contributed by atoms with Crippen LogP contribution in [0.25, 0.3) is 0 Å². The Morgan fingerprint density at radius 1 is 1.00 bits per heavy atom. The van der Waals surface area contributed by atoms with Crippen molar-refractivity contribution in [2.45, 2.75) is 25.3 Å². The molecule has 104 valence electrons. The van der Waals surface area contributed by atoms with Gasteiger partial charge in [-0.15, -0.1) is 0 Å². The Kier molecular flexibility index (Phi) is 4.53. The number of hydrogen-bond acceptors (Lipinski definition) is 1. The summed E-state index contributed by atoms with van der Waals surface area (Å²) in [4.78, 5) is 0. The van der Waals surface area contributed by atoms with Gasteiger partial charge in [0, 0.05) is 20.0 Å². The zero-order chi connectivity index (χ0) is 14.1. The fourth-order valence-electron chi connectivity index (χ4n) is 2.28. The highest BCUT2D eigenvalue weighted by Gasteiger charge is 2.23. The number of hydrogen-bond donors (Lipinski definition) is 1. The van der Waals surface area contributed by atoms with Crippen LogP contribution in [0.15, 0.2) is 49.8 Å². The van der Waals surface area contributed by atoms with Gasteiger partial charge in [-0.2, -0.15) is 0 Å². The Morgan fingerprint density at radius 3 is 2.35 bits per heavy atom. The summed E-state index contributed by atoms with van der Waals surface area (Å²) in [6.45, 7) is 0.833. The minimum Gasteiger partial charge on any atom is -0.379 e. The van der Waals surface area contributed by atoms with Gasteiger partial charge >= 0.3 is 0 Å². The van der Waals surface area contributed by atoms with E-state index in [0.29, 0.717) is 0 Å². The molecule has 0 aromatic heterocycles. The molecule has 0 saturated heterocycles. The quantitative estimate of drug-likeness (QED) is 0.553. The zero-order valence-electron chi connectivity index (χ0n) is 10.8. The van der Waals surface area contributed by atoms with Crippen molar-refractivity contribution in [2.24, 2.45) is 0 Å². The molecule has 0 atom stereocenters. The van der Waals surface area contributed by atoms with E-state index < -0.39 is 0 Å². The van der Waals surface area contributed by atoms with Gasteiger partial charge in [0.1, 0.15) is 0 Å². The van der Waals surface area contributed by atoms with Gasteiger partial charge in [-0.3, -0.25) is 0 Å². The summed E-state index contributed by atoms with van der Waals surface area (Å²) in [5.41, 5.74) is 3.90. The van der Waals surface area contributed by atoms with Crippen molar-refractivity contribution in [3.63, 3.8) is 0 Å². The van der Waals surface area contributed by atoms with Crippen LogP contribution in [0.4, 0.5) is 5.69 Å². The molecule has 0 heterocycles. The Morgan fingerprint density at radius 2 is 1.70 bits per heavy atom. The average Bonchev–Trinajstić information content (AvgIpc) is 3.22. The Hall–Kier alpha value is -0.320. The van der Waals surface area contributed by atoms with Crippen molar-refractivity contribution in [2.75, 3.05) is 5.32 Å². The molecule has 1 saturated carbocycles. The lowest BCUT2D eigenvalue weighted by atomic mass is 10.1. The van der Waals surface area contributed by atoms with Gasteiger partial charge in [-0.05, 0) is 73.9 Å². The van der Waals surface area contributed by atoms with Crippen molar-refractivity contribution in [1.29, 1.82) is 0 Å². The number of benzene rings is 2. The number of rotatable bonds is 4. The van der Waals surface area contributed by atoms with Gasteiger partial charge in [-0.25, -0.2) is 0 Å². The molecule has 3 rings (SSSR count). The Balaban J connectivity index is 1.74. The number of halogens is 3. The SMILES string of the molecule is Brc1cc(Br)c(NCc2cccc(C3CC3)c2)c(Br)c1. The van der Waals surface area contributed by atoms with E-state index in [9.17, 15) is 0 Å². The summed E-state index contributed by atoms with van der Waals surface area (Å²) in [5, 5.41) is 3.50. The predicted molar refractivity (Wildman–Crippen MR) is 95.3 cm³/mol. The average molecular weight is 460 g/mol. The molecule has 2 aromatic carbocycles. The highest BCUT2D eigenvalue weighted by molar-refractivity contribution is 9.11. The maximum Gasteiger partial charge on any atom is 0.0632 e. The highest BCUT2D eigenvalue weighted by atomic mass is 79.9. The predicted octanol–water partition coefficient (Wildman–Crippen LogP) is 6.46. The molecule has 20 heavy (non-hydrogen) atoms. The first-order valence-corrected chi connectivity index (χ1v) is 8.98. The Bertz CT molecular complexity index is 612. The third-order valence-corrected chi connectivity index (χ3v) is 5.18. The lowest BCUT2D eigenvalue weighted by Crippen LogP contribution is -2.01. The molecule has 0 amide bonds. The van der Waals surface area contributed by atoms with Crippen LogP contribution in [0.5, 0.6) is 0 Å². The molecule has 0 bridgehead atoms. The molecule has 0 unspecified atom stereocenters. The van der Waals surface area contributed by atoms with Crippen molar-refractivity contribution < 1.29 is 0 Å². The molecule has 1 aliphatic carbocycles. The Labute approximate surface area is 144 Å². The monoisotopic (exact) mass is 457 g/mol. The van der Waals surface area contributed by atoms with Crippen molar-refractivity contribution in [1.82, 2.24) is 0 Å². The molecule has 1 N–H and O–H groups in total. The largest absolute Gasteiger partial charge is 0.379 e. The summed E-state index contributed by atoms with van der Waals surface area (Å²) in [7, 11) is 0. The molecule has 1 aliphatic rings. The van der Waals surface area contributed by atoms with Gasteiger partial charge < -0.3 is 5.32 Å². The number of nitrogens with one attached hydrogen (secondary N) is 1. The van der Waals surface area contributed by atoms with Crippen molar-refractivity contribution in [3.8, 4) is 0 Å². The van der Waals surface area contributed by atoms with E-state index in [1.54, 1.807) is 0 Å². The van der Waals surface area contributed by atoms with E-state index in [0.717, 1.165) is 31.6 Å². The van der Waals surface area contributed by atoms with E-state index in [4.69, 9.17) is 0 Å². The van der Waals surface area contributed by atoms with Gasteiger partial charge in [0.2, 0.25) is 0 Å². The van der Waals surface area contributed by atoms with Crippen LogP contribution in [0.1, 0.15) is 29.9 Å². The summed E-state index contributed by atoms with van der Waals surface area (Å²) in [6.07, 6.45) is 2.70. The van der Waals surface area contributed by atoms with Crippen LogP contribution in [0, 0.1) is 0 Å². The van der Waals surface area contributed by atoms with Crippen LogP contribution < -0.4 is 5.32 Å². The van der Waals surface area contributed by atoms with Gasteiger partial charge in [0.05, 0.1) is 5.69 Å². The maximum absolute atomic E-state index is 3.60. The molecule has 0 spiro atoms. The third-order valence-electron chi connectivity index (χ3n) is 3.48. The van der Waals surface area contributed by atoms with Gasteiger partial charge in [-0.1, -0.05) is 40.2 Å². The highest BCUT2D eigenvalue weighted by Crippen LogP contribution is 2.40. The van der Waals surface area contributed by atoms with E-state index in [2.05, 4.69) is 77.4 Å². The van der Waals surface area contributed by atoms with Crippen LogP contribution >= 0.6 is 47.8 Å². The molecular weight excluding hydrogens is 446 g/mol. The van der Waals surface area contributed by atoms with Gasteiger partial charge in [0.15, 0.2) is 0 Å². The van der Waals surface area contributed by atoms with Crippen molar-refractivity contribution >= 4 is 53.5 Å². The maximum atomic E-state index is 3.60. The molecule has 0 aliphatic heterocycles. The van der Waals surface area contributed by atoms with E-state index in [1.165, 1.54) is 24.0 Å². The second-order valence-electron chi connectivity index (χ2n) is 5.12. The molecule has 4 heteroatoms. The third kappa shape index (κ3) is 3.46. The summed E-state index contributed by atoms with van der Waals surface area (Å²) >= 11 is 10.7. The van der Waals surface area contributed by atoms with Crippen molar-refractivity contribution in [3.05, 3.63) is 60.9 Å². The second-order valence-corrected chi connectivity index (χ2v) is 7.74. The smallest absolute Gasteiger partial charge is 0.0632 e. The topological polar surface area (TPSA) is 12.0 Å². The van der Waals surface area contributed by atoms with Gasteiger partial charge in [0.25, 0.3) is 0 Å². The zero-order valence-corrected chi connectivity index (χ0v) is 15.6. The fourth-order valence-corrected chi connectivity index (χ4v) is 4.81. The molecule has 1 nitrogen and oxygen atoms in total. The minimum atomic E-state index is 0.807. The van der Waals surface area contributed by atoms with Crippen LogP contribution in [0.3, 0.4) is 0 Å². The first-order valence-electron chi connectivity index (χ1n) is 6.61. The molecule has 1 fully saturated rings. The van der Waals surface area contributed by atoms with E-state index in [-0.39, 0.29) is 0 Å². The summed E-state index contributed by atoms with van der Waals surface area (Å²) < 4.78 is 3.16. The normalized spacial score (nSPS) is 14.3. The first-order chi connectivity index (χ1) is 9.63. The standard InChI is InChI=1S/C16H14Br3N/c17-13-7-14(18)16(15(19)8-13)20-9-10-2-1-3-12(6-10)11-4-5-11/h1-3,6-8,11,20H,4-5,9H2. The lowest BCUT2D eigenvalue weighted by molar-refractivity contribution is 1.08. The molecule has 2 aromatic rings. The molecule has 0 radical (unpaired) electrons. The minimum absolute atomic E-state index is 0.807. The van der Waals surface area contributed by atoms with Crippen LogP contribution in [-0.4, -0.2) is 0 Å². The fraction of sp³-hybridized carbons (Fsp3) is 0.250. The lowest BCUT2D eigenvalue weighted by Gasteiger charge is -2.12. The van der Waals surface area contributed by atoms with Crippen LogP contribution in [-0.2, 0) is 6.54 Å². The first kappa shape index (κ1) is 14.6. The molecular formula is C16H14Br3N. The second kappa shape index (κ2) is 6.20. The van der Waals surface area contributed by atoms with Crippen LogP contribution in [0.2, 0.25) is 0 Å². The summed E-state index contributed by atoms with van der Waals surface area (Å²) in [6, 6.07) is 13.0. The summed E-state index contributed by atoms with van der Waals surface area (Å²) in [5.74, 6) is 0.807. The van der Waals surface area contributed by atoms with E-state index >= 15 is 0 Å². The number of anilines is 1. The van der Waals surface area contributed by atoms with E-state index in [1.807, 2.05) is 12.1 Å².